The molecule has 0 aromatic heterocycles. The summed E-state index contributed by atoms with van der Waals surface area (Å²) in [4.78, 5) is 16.5. The van der Waals surface area contributed by atoms with Gasteiger partial charge in [-0.15, -0.1) is 24.0 Å². The Morgan fingerprint density at radius 3 is 2.70 bits per heavy atom. The van der Waals surface area contributed by atoms with Crippen molar-refractivity contribution >= 4 is 41.5 Å². The highest BCUT2D eigenvalue weighted by atomic mass is 127. The summed E-state index contributed by atoms with van der Waals surface area (Å²) in [6, 6.07) is 7.92. The molecule has 1 aliphatic heterocycles. The van der Waals surface area contributed by atoms with Crippen LogP contribution in [0.5, 0.6) is 0 Å². The number of guanidine groups is 1. The second kappa shape index (κ2) is 13.9. The molecular formula is C23H37IN4O2. The number of hydrogen-bond donors (Lipinski definition) is 3. The van der Waals surface area contributed by atoms with E-state index in [1.165, 1.54) is 44.9 Å². The van der Waals surface area contributed by atoms with Crippen molar-refractivity contribution < 1.29 is 9.53 Å². The predicted octanol–water partition coefficient (Wildman–Crippen LogP) is 4.45. The molecule has 1 heterocycles. The summed E-state index contributed by atoms with van der Waals surface area (Å²) in [5, 5.41) is 9.74. The van der Waals surface area contributed by atoms with Crippen molar-refractivity contribution in [2.45, 2.75) is 70.4 Å². The average molecular weight is 528 g/mol. The van der Waals surface area contributed by atoms with Gasteiger partial charge in [0.25, 0.3) is 5.91 Å². The molecule has 2 fully saturated rings. The Morgan fingerprint density at radius 1 is 1.13 bits per heavy atom. The van der Waals surface area contributed by atoms with Gasteiger partial charge in [0.1, 0.15) is 6.10 Å². The van der Waals surface area contributed by atoms with Crippen molar-refractivity contribution in [1.82, 2.24) is 10.6 Å². The summed E-state index contributed by atoms with van der Waals surface area (Å²) in [5.74, 6) is 1.69. The lowest BCUT2D eigenvalue weighted by Crippen LogP contribution is -2.37. The molecule has 1 atom stereocenters. The van der Waals surface area contributed by atoms with Crippen LogP contribution in [0, 0.1) is 5.92 Å². The number of halogens is 1. The number of nitrogens with zero attached hydrogens (tertiary/aromatic N) is 1. The van der Waals surface area contributed by atoms with Crippen molar-refractivity contribution in [2.24, 2.45) is 10.9 Å². The Kier molecular flexibility index (Phi) is 11.5. The van der Waals surface area contributed by atoms with Crippen LogP contribution in [0.25, 0.3) is 0 Å². The first-order chi connectivity index (χ1) is 14.2. The fraction of sp³-hybridized carbons (Fsp3) is 0.652. The van der Waals surface area contributed by atoms with Gasteiger partial charge >= 0.3 is 0 Å². The first-order valence-corrected chi connectivity index (χ1v) is 11.2. The van der Waals surface area contributed by atoms with Crippen molar-refractivity contribution in [3.05, 3.63) is 29.8 Å². The number of rotatable bonds is 8. The monoisotopic (exact) mass is 528 g/mol. The summed E-state index contributed by atoms with van der Waals surface area (Å²) in [6.45, 7) is 2.29. The molecule has 2 aliphatic rings. The first kappa shape index (κ1) is 24.9. The van der Waals surface area contributed by atoms with E-state index in [2.05, 4.69) is 20.9 Å². The van der Waals surface area contributed by atoms with Crippen LogP contribution >= 0.6 is 24.0 Å². The zero-order valence-corrected chi connectivity index (χ0v) is 20.5. The van der Waals surface area contributed by atoms with E-state index < -0.39 is 0 Å². The molecule has 1 saturated heterocycles. The minimum atomic E-state index is -0.312. The van der Waals surface area contributed by atoms with Crippen LogP contribution in [0.3, 0.4) is 0 Å². The summed E-state index contributed by atoms with van der Waals surface area (Å²) < 4.78 is 5.45. The first-order valence-electron chi connectivity index (χ1n) is 11.2. The number of amides is 1. The number of hydrogen-bond acceptors (Lipinski definition) is 3. The van der Waals surface area contributed by atoms with E-state index in [-0.39, 0.29) is 36.0 Å². The standard InChI is InChI=1S/C23H36N4O2.HI/c1-24-23(25-14-6-11-18-8-3-2-4-9-18)26-17-19-10-5-12-20(16-19)27-22(28)21-13-7-15-29-21;/h5,10,12,16,18,21H,2-4,6-9,11,13-15,17H2,1H3,(H,27,28)(H2,24,25,26);1H. The van der Waals surface area contributed by atoms with E-state index in [0.717, 1.165) is 42.5 Å². The van der Waals surface area contributed by atoms with Gasteiger partial charge in [0, 0.05) is 32.4 Å². The third-order valence-electron chi connectivity index (χ3n) is 5.91. The number of benzene rings is 1. The van der Waals surface area contributed by atoms with Gasteiger partial charge in [0.05, 0.1) is 0 Å². The maximum Gasteiger partial charge on any atom is 0.253 e. The lowest BCUT2D eigenvalue weighted by Gasteiger charge is -2.21. The van der Waals surface area contributed by atoms with Gasteiger partial charge in [-0.25, -0.2) is 0 Å². The topological polar surface area (TPSA) is 74.8 Å². The molecule has 1 aliphatic carbocycles. The molecule has 6 nitrogen and oxygen atoms in total. The van der Waals surface area contributed by atoms with E-state index in [1.54, 1.807) is 7.05 Å². The molecule has 1 aromatic carbocycles. The zero-order chi connectivity index (χ0) is 20.3. The molecule has 1 unspecified atom stereocenters. The quantitative estimate of drug-likeness (QED) is 0.202. The maximum absolute atomic E-state index is 12.2. The van der Waals surface area contributed by atoms with Gasteiger partial charge in [0.2, 0.25) is 0 Å². The van der Waals surface area contributed by atoms with Gasteiger partial charge in [0.15, 0.2) is 5.96 Å². The molecule has 7 heteroatoms. The normalized spacial score (nSPS) is 19.8. The molecule has 0 bridgehead atoms. The van der Waals surface area contributed by atoms with Gasteiger partial charge < -0.3 is 20.7 Å². The smallest absolute Gasteiger partial charge is 0.253 e. The second-order valence-corrected chi connectivity index (χ2v) is 8.19. The van der Waals surface area contributed by atoms with Gasteiger partial charge in [-0.2, -0.15) is 0 Å². The highest BCUT2D eigenvalue weighted by Gasteiger charge is 2.23. The Balaban J connectivity index is 0.00000320. The fourth-order valence-electron chi connectivity index (χ4n) is 4.25. The third kappa shape index (κ3) is 8.41. The van der Waals surface area contributed by atoms with E-state index in [0.29, 0.717) is 13.2 Å². The molecule has 0 spiro atoms. The van der Waals surface area contributed by atoms with E-state index in [4.69, 9.17) is 4.74 Å². The summed E-state index contributed by atoms with van der Waals surface area (Å²) >= 11 is 0. The van der Waals surface area contributed by atoms with Crippen molar-refractivity contribution in [3.63, 3.8) is 0 Å². The maximum atomic E-state index is 12.2. The summed E-state index contributed by atoms with van der Waals surface area (Å²) in [5.41, 5.74) is 1.90. The molecule has 168 valence electrons. The number of anilines is 1. The number of ether oxygens (including phenoxy) is 1. The second-order valence-electron chi connectivity index (χ2n) is 8.19. The Labute approximate surface area is 198 Å². The van der Waals surface area contributed by atoms with Gasteiger partial charge in [-0.05, 0) is 49.3 Å². The Morgan fingerprint density at radius 2 is 1.97 bits per heavy atom. The van der Waals surface area contributed by atoms with Crippen molar-refractivity contribution in [3.8, 4) is 0 Å². The lowest BCUT2D eigenvalue weighted by molar-refractivity contribution is -0.124. The number of carbonyl (C=O) groups excluding carboxylic acids is 1. The Hall–Kier alpha value is -1.35. The molecule has 3 N–H and O–H groups in total. The molecule has 30 heavy (non-hydrogen) atoms. The molecule has 1 amide bonds. The van der Waals surface area contributed by atoms with Crippen LogP contribution in [0.4, 0.5) is 5.69 Å². The number of carbonyl (C=O) groups is 1. The minimum Gasteiger partial charge on any atom is -0.368 e. The summed E-state index contributed by atoms with van der Waals surface area (Å²) in [6.07, 6.45) is 11.0. The highest BCUT2D eigenvalue weighted by molar-refractivity contribution is 14.0. The molecular weight excluding hydrogens is 491 g/mol. The van der Waals surface area contributed by atoms with Crippen LogP contribution < -0.4 is 16.0 Å². The van der Waals surface area contributed by atoms with E-state index in [9.17, 15) is 4.79 Å². The molecule has 1 saturated carbocycles. The Bertz CT molecular complexity index is 671. The average Bonchev–Trinajstić information content (AvgIpc) is 3.29. The highest BCUT2D eigenvalue weighted by Crippen LogP contribution is 2.26. The SMILES string of the molecule is CN=C(NCCCC1CCCCC1)NCc1cccc(NC(=O)C2CCCO2)c1.I. The van der Waals surface area contributed by atoms with Gasteiger partial charge in [-0.1, -0.05) is 44.2 Å². The summed E-state index contributed by atoms with van der Waals surface area (Å²) in [7, 11) is 1.80. The van der Waals surface area contributed by atoms with Crippen LogP contribution in [0.1, 0.15) is 63.4 Å². The third-order valence-corrected chi connectivity index (χ3v) is 5.91. The van der Waals surface area contributed by atoms with Crippen molar-refractivity contribution in [1.29, 1.82) is 0 Å². The number of aliphatic imine (C=N–C) groups is 1. The minimum absolute atomic E-state index is 0. The molecule has 1 aromatic rings. The van der Waals surface area contributed by atoms with Crippen LogP contribution in [-0.2, 0) is 16.1 Å². The predicted molar refractivity (Wildman–Crippen MR) is 133 cm³/mol. The van der Waals surface area contributed by atoms with Crippen molar-refractivity contribution in [2.75, 3.05) is 25.5 Å². The largest absolute Gasteiger partial charge is 0.368 e. The van der Waals surface area contributed by atoms with Crippen LogP contribution in [0.2, 0.25) is 0 Å². The number of nitrogens with one attached hydrogen (secondary N) is 3. The van der Waals surface area contributed by atoms with Gasteiger partial charge in [-0.3, -0.25) is 9.79 Å². The van der Waals surface area contributed by atoms with E-state index in [1.807, 2.05) is 24.3 Å². The molecule has 3 rings (SSSR count). The molecule has 0 radical (unpaired) electrons. The van der Waals surface area contributed by atoms with Crippen LogP contribution in [-0.4, -0.2) is 38.2 Å². The zero-order valence-electron chi connectivity index (χ0n) is 18.1. The van der Waals surface area contributed by atoms with Crippen LogP contribution in [0.15, 0.2) is 29.3 Å². The van der Waals surface area contributed by atoms with E-state index >= 15 is 0 Å². The lowest BCUT2D eigenvalue weighted by atomic mass is 9.86. The fourth-order valence-corrected chi connectivity index (χ4v) is 4.25.